The lowest BCUT2D eigenvalue weighted by Crippen LogP contribution is -2.60. The summed E-state index contributed by atoms with van der Waals surface area (Å²) in [6.07, 6.45) is 4.34. The first-order valence-electron chi connectivity index (χ1n) is 9.40. The second-order valence-corrected chi connectivity index (χ2v) is 14.0. The third-order valence-corrected chi connectivity index (χ3v) is 13.7. The zero-order valence-corrected chi connectivity index (χ0v) is 17.2. The second kappa shape index (κ2) is 3.83. The van der Waals surface area contributed by atoms with E-state index in [1.807, 2.05) is 0 Å². The van der Waals surface area contributed by atoms with E-state index in [1.165, 1.54) is 0 Å². The number of rotatable bonds is 0. The van der Waals surface area contributed by atoms with Gasteiger partial charge in [0.1, 0.15) is 8.16 Å². The SMILES string of the molecule is CC1(C)[C@@H]2CC[C@@]1(C)C(=O)C21SC2(S1)C(=O)[C@]1(C)CC[C@H]2C1(C)C. The van der Waals surface area contributed by atoms with E-state index in [4.69, 9.17) is 0 Å². The Morgan fingerprint density at radius 1 is 0.708 bits per heavy atom. The maximum Gasteiger partial charge on any atom is 0.165 e. The summed E-state index contributed by atoms with van der Waals surface area (Å²) in [6, 6.07) is 0. The number of ketones is 2. The highest BCUT2D eigenvalue weighted by Gasteiger charge is 2.86. The van der Waals surface area contributed by atoms with Gasteiger partial charge in [0.25, 0.3) is 0 Å². The van der Waals surface area contributed by atoms with Gasteiger partial charge in [0.15, 0.2) is 11.6 Å². The smallest absolute Gasteiger partial charge is 0.165 e. The molecule has 1 saturated heterocycles. The van der Waals surface area contributed by atoms with Gasteiger partial charge in [-0.3, -0.25) is 9.59 Å². The van der Waals surface area contributed by atoms with Crippen LogP contribution in [0.3, 0.4) is 0 Å². The van der Waals surface area contributed by atoms with E-state index in [0.29, 0.717) is 23.4 Å². The molecular weight excluding hydrogens is 336 g/mol. The molecule has 1 heterocycles. The van der Waals surface area contributed by atoms with Crippen LogP contribution in [0.15, 0.2) is 0 Å². The molecule has 4 heteroatoms. The van der Waals surface area contributed by atoms with Crippen molar-refractivity contribution in [1.29, 1.82) is 0 Å². The fourth-order valence-corrected chi connectivity index (χ4v) is 12.9. The molecule has 4 saturated carbocycles. The van der Waals surface area contributed by atoms with Crippen LogP contribution >= 0.6 is 23.5 Å². The summed E-state index contributed by atoms with van der Waals surface area (Å²) in [5, 5.41) is 0. The van der Waals surface area contributed by atoms with Gasteiger partial charge in [0.2, 0.25) is 0 Å². The molecule has 5 aliphatic rings. The quantitative estimate of drug-likeness (QED) is 0.612. The van der Waals surface area contributed by atoms with E-state index in [1.54, 1.807) is 23.5 Å². The first kappa shape index (κ1) is 16.2. The van der Waals surface area contributed by atoms with E-state index >= 15 is 0 Å². The van der Waals surface area contributed by atoms with E-state index < -0.39 is 0 Å². The Hall–Kier alpha value is 0.0400. The molecule has 0 aromatic carbocycles. The van der Waals surface area contributed by atoms with Crippen LogP contribution in [0.2, 0.25) is 0 Å². The zero-order chi connectivity index (χ0) is 17.6. The molecular formula is C20H28O2S2. The molecule has 0 radical (unpaired) electrons. The summed E-state index contributed by atoms with van der Waals surface area (Å²) >= 11 is 3.60. The summed E-state index contributed by atoms with van der Waals surface area (Å²) in [5.41, 5.74) is -0.268. The van der Waals surface area contributed by atoms with Gasteiger partial charge in [0, 0.05) is 10.8 Å². The van der Waals surface area contributed by atoms with Crippen molar-refractivity contribution < 1.29 is 9.59 Å². The summed E-state index contributed by atoms with van der Waals surface area (Å²) in [4.78, 5) is 26.9. The lowest BCUT2D eigenvalue weighted by Gasteiger charge is -2.57. The summed E-state index contributed by atoms with van der Waals surface area (Å²) in [5.74, 6) is 1.72. The normalized spacial score (nSPS) is 58.9. The van der Waals surface area contributed by atoms with Crippen molar-refractivity contribution in [3.63, 3.8) is 0 Å². The Balaban J connectivity index is 1.57. The molecule has 5 fully saturated rings. The highest BCUT2D eigenvalue weighted by atomic mass is 32.3. The predicted octanol–water partition coefficient (Wildman–Crippen LogP) is 4.91. The van der Waals surface area contributed by atoms with Crippen LogP contribution in [-0.2, 0) is 9.59 Å². The molecule has 5 rings (SSSR count). The maximum absolute atomic E-state index is 13.4. The third-order valence-electron chi connectivity index (χ3n) is 9.61. The number of carbonyl (C=O) groups excluding carboxylic acids is 2. The molecule has 1 aliphatic heterocycles. The number of fused-ring (bicyclic) bond motifs is 6. The molecule has 2 spiro atoms. The molecule has 0 N–H and O–H groups in total. The van der Waals surface area contributed by atoms with Crippen LogP contribution in [0.4, 0.5) is 0 Å². The van der Waals surface area contributed by atoms with Gasteiger partial charge in [0.05, 0.1) is 0 Å². The van der Waals surface area contributed by atoms with Gasteiger partial charge in [-0.2, -0.15) is 0 Å². The highest BCUT2D eigenvalue weighted by Crippen LogP contribution is 2.87. The van der Waals surface area contributed by atoms with Crippen LogP contribution in [0, 0.1) is 33.5 Å². The lowest BCUT2D eigenvalue weighted by atomic mass is 9.70. The molecule has 0 unspecified atom stereocenters. The van der Waals surface area contributed by atoms with E-state index in [-0.39, 0.29) is 29.8 Å². The van der Waals surface area contributed by atoms with Crippen molar-refractivity contribution in [3.8, 4) is 0 Å². The van der Waals surface area contributed by atoms with Gasteiger partial charge in [-0.15, -0.1) is 23.5 Å². The molecule has 132 valence electrons. The van der Waals surface area contributed by atoms with Gasteiger partial charge in [-0.1, -0.05) is 41.5 Å². The van der Waals surface area contributed by atoms with Crippen molar-refractivity contribution in [2.75, 3.05) is 0 Å². The molecule has 4 atom stereocenters. The fraction of sp³-hybridized carbons (Fsp3) is 0.900. The van der Waals surface area contributed by atoms with Gasteiger partial charge in [-0.25, -0.2) is 0 Å². The Bertz CT molecular complexity index is 644. The Kier molecular flexibility index (Phi) is 2.59. The summed E-state index contributed by atoms with van der Waals surface area (Å²) < 4.78 is -0.661. The fourth-order valence-electron chi connectivity index (χ4n) is 7.16. The first-order valence-corrected chi connectivity index (χ1v) is 11.0. The molecule has 2 nitrogen and oxygen atoms in total. The zero-order valence-electron chi connectivity index (χ0n) is 15.6. The number of carbonyl (C=O) groups is 2. The maximum atomic E-state index is 13.4. The number of hydrogen-bond donors (Lipinski definition) is 0. The summed E-state index contributed by atoms with van der Waals surface area (Å²) in [6.45, 7) is 13.5. The molecule has 4 bridgehead atoms. The standard InChI is InChI=1S/C20H28O2S2/c1-15(2)11-7-9-17(15,5)13(21)19(11)23-20(24-19)12-8-10-18(6,14(20)22)16(12,3)4/h11-12H,7-10H2,1-6H3/t11-,12-,17-,18-,19?,20?/m0/s1. The summed E-state index contributed by atoms with van der Waals surface area (Å²) in [7, 11) is 0. The molecule has 0 aromatic rings. The van der Waals surface area contributed by atoms with Crippen LogP contribution < -0.4 is 0 Å². The topological polar surface area (TPSA) is 34.1 Å². The van der Waals surface area contributed by atoms with E-state index in [9.17, 15) is 9.59 Å². The Morgan fingerprint density at radius 2 is 1.04 bits per heavy atom. The minimum absolute atomic E-state index is 0.0613. The molecule has 4 aliphatic carbocycles. The van der Waals surface area contributed by atoms with Crippen LogP contribution in [0.25, 0.3) is 0 Å². The third kappa shape index (κ3) is 1.20. The van der Waals surface area contributed by atoms with Gasteiger partial charge in [-0.05, 0) is 48.3 Å². The predicted molar refractivity (Wildman–Crippen MR) is 99.9 cm³/mol. The average molecular weight is 365 g/mol. The van der Waals surface area contributed by atoms with Crippen molar-refractivity contribution in [3.05, 3.63) is 0 Å². The van der Waals surface area contributed by atoms with Crippen molar-refractivity contribution in [2.45, 2.75) is 75.4 Å². The first-order chi connectivity index (χ1) is 10.9. The second-order valence-electron chi connectivity index (χ2n) is 10.5. The van der Waals surface area contributed by atoms with Crippen molar-refractivity contribution >= 4 is 35.1 Å². The monoisotopic (exact) mass is 364 g/mol. The van der Waals surface area contributed by atoms with Crippen molar-refractivity contribution in [1.82, 2.24) is 0 Å². The van der Waals surface area contributed by atoms with Crippen LogP contribution in [0.5, 0.6) is 0 Å². The highest BCUT2D eigenvalue weighted by molar-refractivity contribution is 8.37. The number of thioether (sulfide) groups is 2. The van der Waals surface area contributed by atoms with Crippen molar-refractivity contribution in [2.24, 2.45) is 33.5 Å². The number of hydrogen-bond acceptors (Lipinski definition) is 4. The lowest BCUT2D eigenvalue weighted by molar-refractivity contribution is -0.129. The minimum Gasteiger partial charge on any atom is -0.297 e. The van der Waals surface area contributed by atoms with Crippen LogP contribution in [-0.4, -0.2) is 19.7 Å². The molecule has 24 heavy (non-hydrogen) atoms. The van der Waals surface area contributed by atoms with Gasteiger partial charge >= 0.3 is 0 Å². The minimum atomic E-state index is -0.330. The molecule has 0 aromatic heterocycles. The Labute approximate surface area is 153 Å². The molecule has 0 amide bonds. The van der Waals surface area contributed by atoms with Gasteiger partial charge < -0.3 is 0 Å². The van der Waals surface area contributed by atoms with E-state index in [0.717, 1.165) is 25.7 Å². The largest absolute Gasteiger partial charge is 0.297 e. The van der Waals surface area contributed by atoms with E-state index in [2.05, 4.69) is 41.5 Å². The average Bonchev–Trinajstić information content (AvgIpc) is 2.92. The number of Topliss-reactive ketones (excluding diaryl/α,β-unsaturated/α-hetero) is 2. The Morgan fingerprint density at radius 3 is 1.29 bits per heavy atom. The van der Waals surface area contributed by atoms with Crippen LogP contribution in [0.1, 0.15) is 67.2 Å².